The maximum absolute atomic E-state index is 8.96. The van der Waals surface area contributed by atoms with Crippen molar-refractivity contribution in [3.8, 4) is 0 Å². The van der Waals surface area contributed by atoms with Crippen LogP contribution in [-0.4, -0.2) is 36.8 Å². The molecule has 0 aromatic heterocycles. The number of aliphatic hydroxyl groups excluding tert-OH is 1. The summed E-state index contributed by atoms with van der Waals surface area (Å²) >= 11 is 0. The summed E-state index contributed by atoms with van der Waals surface area (Å²) in [5.74, 6) is 0. The number of allylic oxidation sites excluding steroid dienone is 9. The molecule has 0 bridgehead atoms. The molecular formula is C19H27NO. The van der Waals surface area contributed by atoms with E-state index in [-0.39, 0.29) is 6.61 Å². The van der Waals surface area contributed by atoms with E-state index in [0.717, 1.165) is 18.5 Å². The molecule has 0 saturated heterocycles. The van der Waals surface area contributed by atoms with Gasteiger partial charge in [-0.1, -0.05) is 54.7 Å². The van der Waals surface area contributed by atoms with E-state index < -0.39 is 0 Å². The van der Waals surface area contributed by atoms with Crippen LogP contribution in [0.25, 0.3) is 0 Å². The minimum absolute atomic E-state index is 0.197. The van der Waals surface area contributed by atoms with Crippen molar-refractivity contribution in [2.24, 2.45) is 0 Å². The smallest absolute Gasteiger partial charge is 0.0558 e. The fourth-order valence-corrected chi connectivity index (χ4v) is 2.17. The zero-order valence-electron chi connectivity index (χ0n) is 13.5. The van der Waals surface area contributed by atoms with E-state index >= 15 is 0 Å². The third-order valence-electron chi connectivity index (χ3n) is 3.33. The van der Waals surface area contributed by atoms with Crippen molar-refractivity contribution >= 4 is 0 Å². The van der Waals surface area contributed by atoms with Crippen LogP contribution in [0.2, 0.25) is 0 Å². The van der Waals surface area contributed by atoms with E-state index in [1.165, 1.54) is 16.7 Å². The van der Waals surface area contributed by atoms with Gasteiger partial charge in [0.05, 0.1) is 6.61 Å². The summed E-state index contributed by atoms with van der Waals surface area (Å²) in [5, 5.41) is 8.96. The monoisotopic (exact) mass is 285 g/mol. The summed E-state index contributed by atoms with van der Waals surface area (Å²) < 4.78 is 0. The predicted octanol–water partition coefficient (Wildman–Crippen LogP) is 3.80. The van der Waals surface area contributed by atoms with Gasteiger partial charge in [0.2, 0.25) is 0 Å². The van der Waals surface area contributed by atoms with E-state index in [9.17, 15) is 0 Å². The number of likely N-dealkylation sites (N-methyl/N-ethyl adjacent to an activating group) is 1. The normalized spacial score (nSPS) is 16.1. The van der Waals surface area contributed by atoms with E-state index in [1.54, 1.807) is 0 Å². The standard InChI is InChI=1S/C19H27NO/c1-5-18(11-9-16(2)3)19-8-6-7-17(10-12-19)15-20(4)13-14-21/h5-7,9-12,21H,2,8,13-15H2,1,3-4H3/b11-9-,18-5+. The van der Waals surface area contributed by atoms with Crippen LogP contribution in [0.1, 0.15) is 20.3 Å². The third-order valence-corrected chi connectivity index (χ3v) is 3.33. The van der Waals surface area contributed by atoms with Crippen LogP contribution in [-0.2, 0) is 0 Å². The van der Waals surface area contributed by atoms with E-state index in [4.69, 9.17) is 5.11 Å². The molecule has 114 valence electrons. The van der Waals surface area contributed by atoms with Gasteiger partial charge in [-0.15, -0.1) is 0 Å². The van der Waals surface area contributed by atoms with Crippen LogP contribution in [0.3, 0.4) is 0 Å². The Balaban J connectivity index is 2.82. The van der Waals surface area contributed by atoms with Gasteiger partial charge in [0.15, 0.2) is 0 Å². The van der Waals surface area contributed by atoms with Gasteiger partial charge in [-0.05, 0) is 44.0 Å². The number of aliphatic hydroxyl groups is 1. The van der Waals surface area contributed by atoms with Crippen LogP contribution in [0.15, 0.2) is 71.4 Å². The second-order valence-corrected chi connectivity index (χ2v) is 5.43. The van der Waals surface area contributed by atoms with Crippen molar-refractivity contribution in [1.29, 1.82) is 0 Å². The summed E-state index contributed by atoms with van der Waals surface area (Å²) in [6, 6.07) is 0. The molecule has 21 heavy (non-hydrogen) atoms. The van der Waals surface area contributed by atoms with Crippen molar-refractivity contribution in [3.05, 3.63) is 71.4 Å². The molecule has 0 heterocycles. The molecule has 0 spiro atoms. The molecular weight excluding hydrogens is 258 g/mol. The van der Waals surface area contributed by atoms with Crippen molar-refractivity contribution in [3.63, 3.8) is 0 Å². The number of hydrogen-bond acceptors (Lipinski definition) is 2. The van der Waals surface area contributed by atoms with Gasteiger partial charge in [-0.25, -0.2) is 0 Å². The van der Waals surface area contributed by atoms with Crippen molar-refractivity contribution in [2.45, 2.75) is 20.3 Å². The van der Waals surface area contributed by atoms with Crippen LogP contribution in [0.5, 0.6) is 0 Å². The lowest BCUT2D eigenvalue weighted by atomic mass is 10.0. The third kappa shape index (κ3) is 6.56. The largest absolute Gasteiger partial charge is 0.395 e. The molecule has 1 aliphatic carbocycles. The van der Waals surface area contributed by atoms with Gasteiger partial charge in [-0.3, -0.25) is 4.90 Å². The van der Waals surface area contributed by atoms with Gasteiger partial charge in [0.25, 0.3) is 0 Å². The Morgan fingerprint density at radius 1 is 1.38 bits per heavy atom. The highest BCUT2D eigenvalue weighted by Gasteiger charge is 2.05. The molecule has 0 radical (unpaired) electrons. The van der Waals surface area contributed by atoms with Crippen LogP contribution < -0.4 is 0 Å². The fraction of sp³-hybridized carbons (Fsp3) is 0.368. The average molecular weight is 285 g/mol. The minimum atomic E-state index is 0.197. The Morgan fingerprint density at radius 2 is 2.14 bits per heavy atom. The number of rotatable bonds is 7. The van der Waals surface area contributed by atoms with E-state index in [0.29, 0.717) is 6.54 Å². The first-order chi connectivity index (χ1) is 10.1. The zero-order chi connectivity index (χ0) is 15.7. The lowest BCUT2D eigenvalue weighted by molar-refractivity contribution is 0.231. The van der Waals surface area contributed by atoms with Gasteiger partial charge < -0.3 is 5.11 Å². The maximum Gasteiger partial charge on any atom is 0.0558 e. The maximum atomic E-state index is 8.96. The Kier molecular flexibility index (Phi) is 7.73. The predicted molar refractivity (Wildman–Crippen MR) is 92.2 cm³/mol. The second kappa shape index (κ2) is 9.32. The van der Waals surface area contributed by atoms with Gasteiger partial charge >= 0.3 is 0 Å². The molecule has 1 N–H and O–H groups in total. The highest BCUT2D eigenvalue weighted by Crippen LogP contribution is 2.20. The molecule has 1 rings (SSSR count). The Labute approximate surface area is 129 Å². The Morgan fingerprint density at radius 3 is 2.76 bits per heavy atom. The zero-order valence-corrected chi connectivity index (χ0v) is 13.5. The summed E-state index contributed by atoms with van der Waals surface area (Å²) in [6.07, 6.45) is 16.0. The molecule has 0 aromatic carbocycles. The molecule has 0 unspecified atom stereocenters. The highest BCUT2D eigenvalue weighted by atomic mass is 16.3. The molecule has 2 nitrogen and oxygen atoms in total. The first-order valence-corrected chi connectivity index (χ1v) is 7.42. The second-order valence-electron chi connectivity index (χ2n) is 5.43. The number of nitrogens with zero attached hydrogens (tertiary/aromatic N) is 1. The Bertz CT molecular complexity index is 504. The summed E-state index contributed by atoms with van der Waals surface area (Å²) in [5.41, 5.74) is 4.87. The van der Waals surface area contributed by atoms with Crippen molar-refractivity contribution < 1.29 is 5.11 Å². The topological polar surface area (TPSA) is 23.5 Å². The first-order valence-electron chi connectivity index (χ1n) is 7.42. The van der Waals surface area contributed by atoms with Crippen LogP contribution in [0.4, 0.5) is 0 Å². The quantitative estimate of drug-likeness (QED) is 0.719. The van der Waals surface area contributed by atoms with Crippen LogP contribution in [0, 0.1) is 0 Å². The van der Waals surface area contributed by atoms with E-state index in [2.05, 4.69) is 54.9 Å². The van der Waals surface area contributed by atoms with Crippen molar-refractivity contribution in [1.82, 2.24) is 4.90 Å². The fourth-order valence-electron chi connectivity index (χ4n) is 2.17. The highest BCUT2D eigenvalue weighted by molar-refractivity contribution is 5.46. The lowest BCUT2D eigenvalue weighted by Gasteiger charge is -2.15. The van der Waals surface area contributed by atoms with Gasteiger partial charge in [0, 0.05) is 13.1 Å². The molecule has 0 atom stereocenters. The lowest BCUT2D eigenvalue weighted by Crippen LogP contribution is -2.23. The molecule has 0 amide bonds. The molecule has 0 fully saturated rings. The van der Waals surface area contributed by atoms with Gasteiger partial charge in [0.1, 0.15) is 0 Å². The molecule has 2 heteroatoms. The summed E-state index contributed by atoms with van der Waals surface area (Å²) in [6.45, 7) is 9.71. The molecule has 0 saturated carbocycles. The average Bonchev–Trinajstić information content (AvgIpc) is 2.65. The number of hydrogen-bond donors (Lipinski definition) is 1. The Hall–Kier alpha value is -1.64. The molecule has 0 aromatic rings. The molecule has 0 aliphatic heterocycles. The molecule has 1 aliphatic rings. The van der Waals surface area contributed by atoms with Crippen molar-refractivity contribution in [2.75, 3.05) is 26.7 Å². The first kappa shape index (κ1) is 17.4. The minimum Gasteiger partial charge on any atom is -0.395 e. The van der Waals surface area contributed by atoms with Crippen LogP contribution >= 0.6 is 0 Å². The van der Waals surface area contributed by atoms with Gasteiger partial charge in [-0.2, -0.15) is 0 Å². The summed E-state index contributed by atoms with van der Waals surface area (Å²) in [7, 11) is 2.02. The summed E-state index contributed by atoms with van der Waals surface area (Å²) in [4.78, 5) is 2.12. The van der Waals surface area contributed by atoms with E-state index in [1.807, 2.05) is 20.0 Å². The SMILES string of the molecule is C=C(C)/C=C\C(=C/C)C1=CC=C(CN(C)CCO)C=CC1.